The molecule has 1 aromatic heterocycles. The maximum Gasteiger partial charge on any atom is 0.338 e. The summed E-state index contributed by atoms with van der Waals surface area (Å²) >= 11 is 0. The highest BCUT2D eigenvalue weighted by Crippen LogP contribution is 2.25. The third-order valence-corrected chi connectivity index (χ3v) is 4.55. The van der Waals surface area contributed by atoms with Gasteiger partial charge in [0.05, 0.1) is 23.4 Å². The first-order valence-electron chi connectivity index (χ1n) is 9.05. The van der Waals surface area contributed by atoms with E-state index in [9.17, 15) is 20.0 Å². The lowest BCUT2D eigenvalue weighted by Crippen LogP contribution is -2.27. The highest BCUT2D eigenvalue weighted by atomic mass is 16.5. The standard InChI is InChI=1S/C21H23N3O4/c1-5-13(3)24-19(25)17(11-22)14(4)18(20(24)26)12-23-16-9-7-15(8-10-16)21(27)28-6-2/h7-10,12-13,26H,5-6H2,1-4H3. The van der Waals surface area contributed by atoms with E-state index in [4.69, 9.17) is 4.74 Å². The van der Waals surface area contributed by atoms with Gasteiger partial charge in [0.15, 0.2) is 0 Å². The molecule has 2 aromatic rings. The number of benzene rings is 1. The number of hydrogen-bond donors (Lipinski definition) is 1. The van der Waals surface area contributed by atoms with E-state index in [2.05, 4.69) is 4.99 Å². The predicted octanol–water partition coefficient (Wildman–Crippen LogP) is 3.63. The van der Waals surface area contributed by atoms with Crippen LogP contribution in [-0.4, -0.2) is 28.5 Å². The molecule has 0 radical (unpaired) electrons. The van der Waals surface area contributed by atoms with Crippen LogP contribution in [0.2, 0.25) is 0 Å². The third-order valence-electron chi connectivity index (χ3n) is 4.55. The Bertz CT molecular complexity index is 998. The second-order valence-electron chi connectivity index (χ2n) is 6.31. The van der Waals surface area contributed by atoms with E-state index in [-0.39, 0.29) is 17.5 Å². The first kappa shape index (κ1) is 20.9. The molecule has 0 amide bonds. The minimum absolute atomic E-state index is 0.0165. The highest BCUT2D eigenvalue weighted by Gasteiger charge is 2.20. The largest absolute Gasteiger partial charge is 0.494 e. The molecule has 1 N–H and O–H groups in total. The van der Waals surface area contributed by atoms with Crippen molar-refractivity contribution in [1.82, 2.24) is 4.57 Å². The number of ether oxygens (including phenoxy) is 1. The number of pyridine rings is 1. The van der Waals surface area contributed by atoms with Gasteiger partial charge in [0, 0.05) is 12.3 Å². The fraction of sp³-hybridized carbons (Fsp3) is 0.333. The summed E-state index contributed by atoms with van der Waals surface area (Å²) in [7, 11) is 0. The van der Waals surface area contributed by atoms with Crippen LogP contribution in [0.15, 0.2) is 34.1 Å². The summed E-state index contributed by atoms with van der Waals surface area (Å²) in [4.78, 5) is 28.5. The summed E-state index contributed by atoms with van der Waals surface area (Å²) in [6.45, 7) is 7.32. The van der Waals surface area contributed by atoms with Crippen molar-refractivity contribution in [1.29, 1.82) is 5.26 Å². The molecule has 0 saturated heterocycles. The zero-order chi connectivity index (χ0) is 20.8. The monoisotopic (exact) mass is 381 g/mol. The number of aliphatic imine (C=N–C) groups is 1. The lowest BCUT2D eigenvalue weighted by Gasteiger charge is -2.18. The molecule has 146 valence electrons. The second kappa shape index (κ2) is 9.00. The Morgan fingerprint density at radius 3 is 2.54 bits per heavy atom. The van der Waals surface area contributed by atoms with Crippen LogP contribution in [0.4, 0.5) is 5.69 Å². The minimum Gasteiger partial charge on any atom is -0.494 e. The van der Waals surface area contributed by atoms with Crippen molar-refractivity contribution in [2.45, 2.75) is 40.2 Å². The zero-order valence-electron chi connectivity index (χ0n) is 16.4. The Labute approximate surface area is 163 Å². The van der Waals surface area contributed by atoms with Crippen molar-refractivity contribution in [2.24, 2.45) is 4.99 Å². The number of aromatic nitrogens is 1. The van der Waals surface area contributed by atoms with E-state index < -0.39 is 11.5 Å². The molecule has 2 rings (SSSR count). The van der Waals surface area contributed by atoms with Gasteiger partial charge in [-0.2, -0.15) is 5.26 Å². The van der Waals surface area contributed by atoms with Gasteiger partial charge in [-0.1, -0.05) is 6.92 Å². The second-order valence-corrected chi connectivity index (χ2v) is 6.31. The van der Waals surface area contributed by atoms with E-state index in [0.717, 1.165) is 0 Å². The van der Waals surface area contributed by atoms with E-state index in [1.54, 1.807) is 45.0 Å². The topological polar surface area (TPSA) is 105 Å². The molecule has 0 bridgehead atoms. The van der Waals surface area contributed by atoms with Crippen LogP contribution in [0.1, 0.15) is 60.3 Å². The summed E-state index contributed by atoms with van der Waals surface area (Å²) in [5.41, 5.74) is 1.12. The molecule has 0 spiro atoms. The highest BCUT2D eigenvalue weighted by molar-refractivity contribution is 5.90. The van der Waals surface area contributed by atoms with Crippen molar-refractivity contribution in [3.05, 3.63) is 56.9 Å². The fourth-order valence-corrected chi connectivity index (χ4v) is 2.72. The average molecular weight is 381 g/mol. The molecule has 7 heteroatoms. The molecular weight excluding hydrogens is 358 g/mol. The van der Waals surface area contributed by atoms with Gasteiger partial charge in [-0.15, -0.1) is 0 Å². The lowest BCUT2D eigenvalue weighted by atomic mass is 10.0. The summed E-state index contributed by atoms with van der Waals surface area (Å²) < 4.78 is 6.16. The van der Waals surface area contributed by atoms with Crippen LogP contribution < -0.4 is 5.56 Å². The summed E-state index contributed by atoms with van der Waals surface area (Å²) in [6.07, 6.45) is 2.04. The number of esters is 1. The molecule has 0 aliphatic rings. The smallest absolute Gasteiger partial charge is 0.338 e. The SMILES string of the molecule is CCOC(=O)c1ccc(N=Cc2c(C)c(C#N)c(=O)n(C(C)CC)c2O)cc1. The number of carbonyl (C=O) groups excluding carboxylic acids is 1. The molecule has 1 atom stereocenters. The van der Waals surface area contributed by atoms with Crippen LogP contribution in [0.5, 0.6) is 5.88 Å². The number of hydrogen-bond acceptors (Lipinski definition) is 6. The molecule has 1 aromatic carbocycles. The number of carbonyl (C=O) groups is 1. The van der Waals surface area contributed by atoms with Gasteiger partial charge in [0.1, 0.15) is 11.6 Å². The van der Waals surface area contributed by atoms with Crippen LogP contribution in [-0.2, 0) is 4.74 Å². The summed E-state index contributed by atoms with van der Waals surface area (Å²) in [5.74, 6) is -0.631. The molecule has 7 nitrogen and oxygen atoms in total. The molecule has 1 unspecified atom stereocenters. The Kier molecular flexibility index (Phi) is 6.72. The van der Waals surface area contributed by atoms with Gasteiger partial charge in [0.2, 0.25) is 5.88 Å². The van der Waals surface area contributed by atoms with Gasteiger partial charge in [0.25, 0.3) is 5.56 Å². The van der Waals surface area contributed by atoms with E-state index in [1.807, 2.05) is 13.0 Å². The van der Waals surface area contributed by atoms with Crippen LogP contribution in [0, 0.1) is 18.3 Å². The van der Waals surface area contributed by atoms with Gasteiger partial charge in [-0.05, 0) is 57.0 Å². The molecule has 0 aliphatic carbocycles. The molecule has 1 heterocycles. The average Bonchev–Trinajstić information content (AvgIpc) is 2.68. The van der Waals surface area contributed by atoms with E-state index in [0.29, 0.717) is 35.4 Å². The first-order chi connectivity index (χ1) is 13.3. The number of nitrogens with zero attached hydrogens (tertiary/aromatic N) is 3. The van der Waals surface area contributed by atoms with Crippen molar-refractivity contribution in [3.8, 4) is 11.9 Å². The van der Waals surface area contributed by atoms with Crippen LogP contribution in [0.25, 0.3) is 0 Å². The number of aromatic hydroxyl groups is 1. The van der Waals surface area contributed by atoms with E-state index >= 15 is 0 Å². The fourth-order valence-electron chi connectivity index (χ4n) is 2.72. The molecule has 0 saturated carbocycles. The third kappa shape index (κ3) is 4.12. The lowest BCUT2D eigenvalue weighted by molar-refractivity contribution is 0.0526. The van der Waals surface area contributed by atoms with Gasteiger partial charge in [-0.25, -0.2) is 4.79 Å². The van der Waals surface area contributed by atoms with Crippen molar-refractivity contribution in [2.75, 3.05) is 6.61 Å². The Balaban J connectivity index is 2.47. The quantitative estimate of drug-likeness (QED) is 0.608. The van der Waals surface area contributed by atoms with Gasteiger partial charge in [-0.3, -0.25) is 14.4 Å². The number of nitriles is 1. The van der Waals surface area contributed by atoms with Crippen molar-refractivity contribution < 1.29 is 14.6 Å². The molecule has 0 fully saturated rings. The minimum atomic E-state index is -0.511. The number of rotatable bonds is 6. The summed E-state index contributed by atoms with van der Waals surface area (Å²) in [6, 6.07) is 8.13. The Morgan fingerprint density at radius 1 is 1.36 bits per heavy atom. The van der Waals surface area contributed by atoms with E-state index in [1.165, 1.54) is 10.8 Å². The summed E-state index contributed by atoms with van der Waals surface area (Å²) in [5, 5.41) is 20.0. The zero-order valence-corrected chi connectivity index (χ0v) is 16.4. The van der Waals surface area contributed by atoms with Gasteiger partial charge >= 0.3 is 5.97 Å². The van der Waals surface area contributed by atoms with Crippen LogP contribution in [0.3, 0.4) is 0 Å². The molecule has 28 heavy (non-hydrogen) atoms. The van der Waals surface area contributed by atoms with Crippen molar-refractivity contribution >= 4 is 17.9 Å². The first-order valence-corrected chi connectivity index (χ1v) is 9.05. The van der Waals surface area contributed by atoms with Crippen LogP contribution >= 0.6 is 0 Å². The van der Waals surface area contributed by atoms with Crippen molar-refractivity contribution in [3.63, 3.8) is 0 Å². The Morgan fingerprint density at radius 2 is 2.00 bits per heavy atom. The van der Waals surface area contributed by atoms with Gasteiger partial charge < -0.3 is 9.84 Å². The Hall–Kier alpha value is -3.40. The molecular formula is C21H23N3O4. The maximum absolute atomic E-state index is 12.5. The predicted molar refractivity (Wildman–Crippen MR) is 106 cm³/mol. The normalized spacial score (nSPS) is 12.0. The maximum atomic E-state index is 12.5. The molecule has 0 aliphatic heterocycles.